The number of hydrogen-bond donors (Lipinski definition) is 2. The maximum absolute atomic E-state index is 13.3. The van der Waals surface area contributed by atoms with Crippen molar-refractivity contribution in [2.24, 2.45) is 0 Å². The van der Waals surface area contributed by atoms with Crippen LogP contribution in [0.3, 0.4) is 0 Å². The number of nitrogens with zero attached hydrogens (tertiary/aromatic N) is 1. The monoisotopic (exact) mass is 611 g/mol. The molecule has 11 heteroatoms. The Kier molecular flexibility index (Phi) is 9.49. The van der Waals surface area contributed by atoms with E-state index >= 15 is 0 Å². The first kappa shape index (κ1) is 30.3. The maximum Gasteiger partial charge on any atom is 0.341 e. The lowest BCUT2D eigenvalue weighted by Crippen LogP contribution is -2.29. The molecule has 1 aliphatic heterocycles. The number of ether oxygens (including phenoxy) is 1. The molecule has 1 amide bonds. The molecule has 2 N–H and O–H groups in total. The van der Waals surface area contributed by atoms with E-state index in [2.05, 4.69) is 27.1 Å². The number of halogens is 1. The zero-order chi connectivity index (χ0) is 28.3. The first-order valence-corrected chi connectivity index (χ1v) is 15.0. The summed E-state index contributed by atoms with van der Waals surface area (Å²) in [6.07, 6.45) is 0.662. The van der Waals surface area contributed by atoms with E-state index < -0.39 is 21.9 Å². The van der Waals surface area contributed by atoms with E-state index in [0.29, 0.717) is 23.5 Å². The van der Waals surface area contributed by atoms with Crippen molar-refractivity contribution in [1.82, 2.24) is 4.90 Å². The Morgan fingerprint density at radius 2 is 1.73 bits per heavy atom. The molecule has 0 atom stereocenters. The van der Waals surface area contributed by atoms with E-state index in [9.17, 15) is 18.0 Å². The molecule has 0 saturated heterocycles. The average molecular weight is 612 g/mol. The van der Waals surface area contributed by atoms with Gasteiger partial charge >= 0.3 is 5.97 Å². The lowest BCUT2D eigenvalue weighted by Gasteiger charge is -2.27. The third-order valence-electron chi connectivity index (χ3n) is 6.71. The third kappa shape index (κ3) is 6.97. The van der Waals surface area contributed by atoms with Gasteiger partial charge in [-0.1, -0.05) is 54.1 Å². The average Bonchev–Trinajstić information content (AvgIpc) is 3.30. The normalized spacial score (nSPS) is 13.0. The summed E-state index contributed by atoms with van der Waals surface area (Å²) in [6, 6.07) is 22.9. The molecule has 2 heterocycles. The SMILES string of the molecule is COC(=O)c1c(NC(=O)c2cccc(NS(=O)(=O)c3ccc(C)cc3)c2)sc2c1CCN(Cc1ccccc1)C2.Cl. The summed E-state index contributed by atoms with van der Waals surface area (Å²) in [6.45, 7) is 4.10. The lowest BCUT2D eigenvalue weighted by atomic mass is 10.0. The molecule has 0 radical (unpaired) electrons. The number of aryl methyl sites for hydroxylation is 1. The summed E-state index contributed by atoms with van der Waals surface area (Å²) in [5.41, 5.74) is 3.94. The standard InChI is InChI=1S/C30H29N3O5S2.ClH/c1-20-11-13-24(14-12-20)40(36,37)32-23-10-6-9-22(17-23)28(34)31-29-27(30(35)38-2)25-15-16-33(19-26(25)39-29)18-21-7-4-3-5-8-21;/h3-14,17,32H,15-16,18-19H2,1-2H3,(H,31,34);1H. The molecule has 0 bridgehead atoms. The Morgan fingerprint density at radius 3 is 2.44 bits per heavy atom. The molecule has 41 heavy (non-hydrogen) atoms. The number of thiophene rings is 1. The summed E-state index contributed by atoms with van der Waals surface area (Å²) < 4.78 is 33.2. The minimum atomic E-state index is -3.83. The number of esters is 1. The van der Waals surface area contributed by atoms with Gasteiger partial charge in [-0.3, -0.25) is 14.4 Å². The number of nitrogens with one attached hydrogen (secondary N) is 2. The van der Waals surface area contributed by atoms with Gasteiger partial charge < -0.3 is 10.1 Å². The fraction of sp³-hybridized carbons (Fsp3) is 0.200. The van der Waals surface area contributed by atoms with Crippen molar-refractivity contribution in [3.8, 4) is 0 Å². The summed E-state index contributed by atoms with van der Waals surface area (Å²) in [5.74, 6) is -0.954. The van der Waals surface area contributed by atoms with E-state index in [1.807, 2.05) is 25.1 Å². The second-order valence-electron chi connectivity index (χ2n) is 9.60. The van der Waals surface area contributed by atoms with Crippen LogP contribution in [0.25, 0.3) is 0 Å². The molecule has 214 valence electrons. The highest BCUT2D eigenvalue weighted by atomic mass is 35.5. The minimum Gasteiger partial charge on any atom is -0.465 e. The summed E-state index contributed by atoms with van der Waals surface area (Å²) in [7, 11) is -2.50. The molecule has 1 aromatic heterocycles. The molecular formula is C30H30ClN3O5S2. The molecular weight excluding hydrogens is 582 g/mol. The highest BCUT2D eigenvalue weighted by Gasteiger charge is 2.29. The van der Waals surface area contributed by atoms with E-state index in [0.717, 1.165) is 29.1 Å². The van der Waals surface area contributed by atoms with Crippen LogP contribution < -0.4 is 10.0 Å². The van der Waals surface area contributed by atoms with Gasteiger partial charge in [-0.05, 0) is 54.8 Å². The van der Waals surface area contributed by atoms with Gasteiger partial charge in [0.05, 0.1) is 17.6 Å². The van der Waals surface area contributed by atoms with Crippen LogP contribution >= 0.6 is 23.7 Å². The zero-order valence-corrected chi connectivity index (χ0v) is 25.0. The molecule has 0 aliphatic carbocycles. The van der Waals surface area contributed by atoms with Crippen molar-refractivity contribution in [3.63, 3.8) is 0 Å². The van der Waals surface area contributed by atoms with Crippen LogP contribution in [-0.2, 0) is 34.3 Å². The second kappa shape index (κ2) is 12.9. The molecule has 1 aliphatic rings. The first-order valence-electron chi connectivity index (χ1n) is 12.7. The van der Waals surface area contributed by atoms with Gasteiger partial charge in [0.15, 0.2) is 0 Å². The highest BCUT2D eigenvalue weighted by Crippen LogP contribution is 2.38. The van der Waals surface area contributed by atoms with E-state index in [1.165, 1.54) is 42.2 Å². The van der Waals surface area contributed by atoms with Crippen molar-refractivity contribution in [2.75, 3.05) is 23.7 Å². The smallest absolute Gasteiger partial charge is 0.341 e. The fourth-order valence-corrected chi connectivity index (χ4v) is 6.99. The number of carbonyl (C=O) groups is 2. The van der Waals surface area contributed by atoms with Gasteiger partial charge in [-0.25, -0.2) is 13.2 Å². The van der Waals surface area contributed by atoms with Crippen molar-refractivity contribution < 1.29 is 22.7 Å². The molecule has 3 aromatic carbocycles. The van der Waals surface area contributed by atoms with Gasteiger partial charge in [-0.2, -0.15) is 0 Å². The molecule has 0 unspecified atom stereocenters. The van der Waals surface area contributed by atoms with Crippen molar-refractivity contribution >= 4 is 56.3 Å². The summed E-state index contributed by atoms with van der Waals surface area (Å²) in [4.78, 5) is 29.5. The number of amides is 1. The van der Waals surface area contributed by atoms with Crippen molar-refractivity contribution in [1.29, 1.82) is 0 Å². The van der Waals surface area contributed by atoms with Gasteiger partial charge in [0, 0.05) is 35.8 Å². The zero-order valence-electron chi connectivity index (χ0n) is 22.5. The Balaban J connectivity index is 0.00000387. The van der Waals surface area contributed by atoms with Gasteiger partial charge in [0.2, 0.25) is 0 Å². The number of fused-ring (bicyclic) bond motifs is 1. The van der Waals surface area contributed by atoms with Crippen molar-refractivity contribution in [2.45, 2.75) is 31.3 Å². The van der Waals surface area contributed by atoms with Gasteiger partial charge in [0.1, 0.15) is 5.00 Å². The topological polar surface area (TPSA) is 105 Å². The predicted octanol–water partition coefficient (Wildman–Crippen LogP) is 5.88. The fourth-order valence-electron chi connectivity index (χ4n) is 4.67. The molecule has 5 rings (SSSR count). The van der Waals surface area contributed by atoms with E-state index in [1.54, 1.807) is 30.3 Å². The number of methoxy groups -OCH3 is 1. The predicted molar refractivity (Wildman–Crippen MR) is 164 cm³/mol. The number of anilines is 2. The maximum atomic E-state index is 13.3. The highest BCUT2D eigenvalue weighted by molar-refractivity contribution is 7.92. The molecule has 0 saturated carbocycles. The first-order chi connectivity index (χ1) is 19.2. The number of benzene rings is 3. The summed E-state index contributed by atoms with van der Waals surface area (Å²) >= 11 is 1.37. The quantitative estimate of drug-likeness (QED) is 0.241. The van der Waals surface area contributed by atoms with Crippen molar-refractivity contribution in [3.05, 3.63) is 112 Å². The molecule has 8 nitrogen and oxygen atoms in total. The largest absolute Gasteiger partial charge is 0.465 e. The lowest BCUT2D eigenvalue weighted by molar-refractivity contribution is 0.0600. The Hall–Kier alpha value is -3.70. The Morgan fingerprint density at radius 1 is 1.00 bits per heavy atom. The van der Waals surface area contributed by atoms with Crippen LogP contribution in [0.1, 0.15) is 42.3 Å². The van der Waals surface area contributed by atoms with Crippen LogP contribution in [0.5, 0.6) is 0 Å². The van der Waals surface area contributed by atoms with Gasteiger partial charge in [-0.15, -0.1) is 23.7 Å². The Labute approximate surface area is 249 Å². The minimum absolute atomic E-state index is 0. The van der Waals surface area contributed by atoms with Crippen LogP contribution in [0.2, 0.25) is 0 Å². The molecule has 4 aromatic rings. The van der Waals surface area contributed by atoms with E-state index in [-0.39, 0.29) is 28.6 Å². The van der Waals surface area contributed by atoms with Crippen LogP contribution in [-0.4, -0.2) is 38.8 Å². The third-order valence-corrected chi connectivity index (χ3v) is 9.24. The molecule has 0 spiro atoms. The van der Waals surface area contributed by atoms with Crippen LogP contribution in [0.4, 0.5) is 10.7 Å². The summed E-state index contributed by atoms with van der Waals surface area (Å²) in [5, 5.41) is 3.30. The van der Waals surface area contributed by atoms with Crippen LogP contribution in [0, 0.1) is 6.92 Å². The van der Waals surface area contributed by atoms with Crippen LogP contribution in [0.15, 0.2) is 83.8 Å². The Bertz CT molecular complexity index is 1660. The number of rotatable bonds is 8. The molecule has 0 fully saturated rings. The van der Waals surface area contributed by atoms with Gasteiger partial charge in [0.25, 0.3) is 15.9 Å². The van der Waals surface area contributed by atoms with E-state index in [4.69, 9.17) is 4.74 Å². The number of carbonyl (C=O) groups excluding carboxylic acids is 2. The number of hydrogen-bond acceptors (Lipinski definition) is 7. The second-order valence-corrected chi connectivity index (χ2v) is 12.4. The number of sulfonamides is 1.